The Labute approximate surface area is 151 Å². The number of hydrogen-bond donors (Lipinski definition) is 1. The Morgan fingerprint density at radius 3 is 2.73 bits per heavy atom. The monoisotopic (exact) mass is 351 g/mol. The van der Waals surface area contributed by atoms with Crippen LogP contribution in [-0.2, 0) is 0 Å². The van der Waals surface area contributed by atoms with E-state index in [0.717, 1.165) is 43.1 Å². The summed E-state index contributed by atoms with van der Waals surface area (Å²) in [6, 6.07) is 9.47. The van der Waals surface area contributed by atoms with E-state index in [4.69, 9.17) is 4.74 Å². The average molecular weight is 351 g/mol. The van der Waals surface area contributed by atoms with E-state index in [0.29, 0.717) is 17.0 Å². The van der Waals surface area contributed by atoms with Crippen molar-refractivity contribution in [1.29, 1.82) is 0 Å². The lowest BCUT2D eigenvalue weighted by Crippen LogP contribution is -2.45. The molecule has 0 atom stereocenters. The van der Waals surface area contributed by atoms with Crippen LogP contribution < -0.4 is 15.2 Å². The molecule has 4 rings (SSSR count). The molecule has 1 aromatic carbocycles. The number of ether oxygens (including phenoxy) is 1. The number of piperazine rings is 1. The van der Waals surface area contributed by atoms with Crippen molar-refractivity contribution in [2.45, 2.75) is 0 Å². The fraction of sp³-hybridized carbons (Fsp3) is 0.316. The van der Waals surface area contributed by atoms with Gasteiger partial charge in [0.25, 0.3) is 5.56 Å². The van der Waals surface area contributed by atoms with Crippen LogP contribution in [0.2, 0.25) is 0 Å². The Bertz CT molecular complexity index is 993. The van der Waals surface area contributed by atoms with Crippen LogP contribution in [0.3, 0.4) is 0 Å². The van der Waals surface area contributed by atoms with Crippen LogP contribution in [0.4, 0.5) is 5.95 Å². The minimum Gasteiger partial charge on any atom is -0.497 e. The van der Waals surface area contributed by atoms with Crippen molar-refractivity contribution in [2.75, 3.05) is 45.2 Å². The number of likely N-dealkylation sites (N-methyl/N-ethyl adjacent to an activating group) is 1. The zero-order chi connectivity index (χ0) is 18.1. The summed E-state index contributed by atoms with van der Waals surface area (Å²) < 4.78 is 5.30. The molecule has 3 aromatic rings. The number of anilines is 1. The van der Waals surface area contributed by atoms with Crippen LogP contribution in [0.1, 0.15) is 0 Å². The van der Waals surface area contributed by atoms with Crippen LogP contribution in [0.25, 0.3) is 22.2 Å². The second-order valence-corrected chi connectivity index (χ2v) is 6.47. The van der Waals surface area contributed by atoms with Gasteiger partial charge in [0.2, 0.25) is 5.95 Å². The molecular formula is C19H21N5O2. The van der Waals surface area contributed by atoms with Crippen LogP contribution in [-0.4, -0.2) is 60.2 Å². The van der Waals surface area contributed by atoms with Gasteiger partial charge in [0.15, 0.2) is 5.65 Å². The molecule has 134 valence electrons. The van der Waals surface area contributed by atoms with Crippen molar-refractivity contribution in [1.82, 2.24) is 19.9 Å². The van der Waals surface area contributed by atoms with Gasteiger partial charge in [-0.2, -0.15) is 4.98 Å². The van der Waals surface area contributed by atoms with Gasteiger partial charge in [-0.25, -0.2) is 4.98 Å². The van der Waals surface area contributed by atoms with Crippen molar-refractivity contribution in [2.24, 2.45) is 0 Å². The molecule has 0 radical (unpaired) electrons. The third-order valence-electron chi connectivity index (χ3n) is 4.78. The van der Waals surface area contributed by atoms with Gasteiger partial charge in [0, 0.05) is 32.4 Å². The minimum absolute atomic E-state index is 0.171. The first-order valence-corrected chi connectivity index (χ1v) is 8.62. The van der Waals surface area contributed by atoms with Crippen LogP contribution in [0, 0.1) is 0 Å². The topological polar surface area (TPSA) is 74.4 Å². The molecule has 0 unspecified atom stereocenters. The second-order valence-electron chi connectivity index (χ2n) is 6.47. The molecule has 1 aliphatic heterocycles. The molecule has 2 aromatic heterocycles. The number of hydrogen-bond acceptors (Lipinski definition) is 6. The van der Waals surface area contributed by atoms with Crippen molar-refractivity contribution >= 4 is 17.0 Å². The number of H-pyrrole nitrogens is 1. The quantitative estimate of drug-likeness (QED) is 0.775. The number of nitrogens with one attached hydrogen (secondary N) is 1. The predicted octanol–water partition coefficient (Wildman–Crippen LogP) is 1.75. The average Bonchev–Trinajstić information content (AvgIpc) is 2.68. The highest BCUT2D eigenvalue weighted by atomic mass is 16.5. The zero-order valence-electron chi connectivity index (χ0n) is 14.9. The number of aromatic amines is 1. The maximum absolute atomic E-state index is 12.9. The summed E-state index contributed by atoms with van der Waals surface area (Å²) in [5.41, 5.74) is 1.99. The number of rotatable bonds is 3. The molecule has 1 saturated heterocycles. The molecule has 0 aliphatic carbocycles. The number of aromatic nitrogens is 3. The Morgan fingerprint density at radius 1 is 1.15 bits per heavy atom. The number of methoxy groups -OCH3 is 1. The highest BCUT2D eigenvalue weighted by Crippen LogP contribution is 2.27. The fourth-order valence-electron chi connectivity index (χ4n) is 3.25. The molecule has 1 N–H and O–H groups in total. The molecule has 0 spiro atoms. The number of fused-ring (bicyclic) bond motifs is 1. The van der Waals surface area contributed by atoms with E-state index in [1.54, 1.807) is 13.3 Å². The summed E-state index contributed by atoms with van der Waals surface area (Å²) in [7, 11) is 3.72. The van der Waals surface area contributed by atoms with E-state index < -0.39 is 0 Å². The largest absolute Gasteiger partial charge is 0.497 e. The smallest absolute Gasteiger partial charge is 0.262 e. The Kier molecular flexibility index (Phi) is 4.30. The molecule has 0 saturated carbocycles. The molecule has 26 heavy (non-hydrogen) atoms. The van der Waals surface area contributed by atoms with Gasteiger partial charge < -0.3 is 14.5 Å². The number of benzene rings is 1. The number of nitrogens with zero attached hydrogens (tertiary/aromatic N) is 4. The first kappa shape index (κ1) is 16.5. The van der Waals surface area contributed by atoms with Gasteiger partial charge in [-0.05, 0) is 36.4 Å². The Balaban J connectivity index is 1.81. The summed E-state index contributed by atoms with van der Waals surface area (Å²) >= 11 is 0. The third kappa shape index (κ3) is 3.01. The van der Waals surface area contributed by atoms with Crippen LogP contribution >= 0.6 is 0 Å². The van der Waals surface area contributed by atoms with E-state index in [2.05, 4.69) is 31.8 Å². The molecule has 3 heterocycles. The fourth-order valence-corrected chi connectivity index (χ4v) is 3.25. The lowest BCUT2D eigenvalue weighted by atomic mass is 10.0. The Morgan fingerprint density at radius 2 is 1.96 bits per heavy atom. The first-order valence-electron chi connectivity index (χ1n) is 8.62. The lowest BCUT2D eigenvalue weighted by Gasteiger charge is -2.32. The summed E-state index contributed by atoms with van der Waals surface area (Å²) in [5.74, 6) is 1.33. The van der Waals surface area contributed by atoms with E-state index >= 15 is 0 Å². The molecule has 0 bridgehead atoms. The van der Waals surface area contributed by atoms with Gasteiger partial charge in [-0.15, -0.1) is 0 Å². The van der Waals surface area contributed by atoms with E-state index in [-0.39, 0.29) is 5.56 Å². The van der Waals surface area contributed by atoms with Gasteiger partial charge in [-0.3, -0.25) is 9.78 Å². The standard InChI is InChI=1S/C19H21N5O2/c1-23-8-10-24(11-9-23)19-21-17-16(18(25)22-19)15(6-7-20-17)13-4-3-5-14(12-13)26-2/h3-7,12H,8-11H2,1-2H3,(H,20,21,22,25). The maximum atomic E-state index is 12.9. The molecule has 7 nitrogen and oxygen atoms in total. The molecule has 1 aliphatic rings. The van der Waals surface area contributed by atoms with Crippen molar-refractivity contribution < 1.29 is 4.74 Å². The molecule has 1 fully saturated rings. The highest BCUT2D eigenvalue weighted by Gasteiger charge is 2.18. The van der Waals surface area contributed by atoms with Gasteiger partial charge >= 0.3 is 0 Å². The van der Waals surface area contributed by atoms with Gasteiger partial charge in [0.05, 0.1) is 12.5 Å². The lowest BCUT2D eigenvalue weighted by molar-refractivity contribution is 0.311. The zero-order valence-corrected chi connectivity index (χ0v) is 14.9. The van der Waals surface area contributed by atoms with E-state index in [9.17, 15) is 4.79 Å². The molecular weight excluding hydrogens is 330 g/mol. The van der Waals surface area contributed by atoms with Crippen molar-refractivity contribution in [3.63, 3.8) is 0 Å². The number of pyridine rings is 1. The molecule has 0 amide bonds. The SMILES string of the molecule is COc1cccc(-c2ccnc3nc(N4CCN(C)CC4)[nH]c(=O)c23)c1. The van der Waals surface area contributed by atoms with Crippen molar-refractivity contribution in [3.8, 4) is 16.9 Å². The van der Waals surface area contributed by atoms with E-state index in [1.165, 1.54) is 0 Å². The normalized spacial score (nSPS) is 15.4. The summed E-state index contributed by atoms with van der Waals surface area (Å²) in [6.45, 7) is 3.55. The van der Waals surface area contributed by atoms with Gasteiger partial charge in [-0.1, -0.05) is 12.1 Å². The molecule has 7 heteroatoms. The second kappa shape index (κ2) is 6.76. The first-order chi connectivity index (χ1) is 12.7. The summed E-state index contributed by atoms with van der Waals surface area (Å²) in [4.78, 5) is 29.1. The van der Waals surface area contributed by atoms with Crippen molar-refractivity contribution in [3.05, 3.63) is 46.9 Å². The summed E-state index contributed by atoms with van der Waals surface area (Å²) in [6.07, 6.45) is 1.69. The maximum Gasteiger partial charge on any atom is 0.262 e. The van der Waals surface area contributed by atoms with Crippen LogP contribution in [0.5, 0.6) is 5.75 Å². The van der Waals surface area contributed by atoms with Crippen LogP contribution in [0.15, 0.2) is 41.3 Å². The highest BCUT2D eigenvalue weighted by molar-refractivity contribution is 5.92. The Hall–Kier alpha value is -2.93. The summed E-state index contributed by atoms with van der Waals surface area (Å²) in [5, 5.41) is 0.499. The van der Waals surface area contributed by atoms with E-state index in [1.807, 2.05) is 30.3 Å². The minimum atomic E-state index is -0.171. The van der Waals surface area contributed by atoms with Gasteiger partial charge in [0.1, 0.15) is 5.75 Å². The third-order valence-corrected chi connectivity index (χ3v) is 4.78. The predicted molar refractivity (Wildman–Crippen MR) is 102 cm³/mol.